The molecule has 1 atom stereocenters. The molecule has 0 fully saturated rings. The first kappa shape index (κ1) is 14.9. The van der Waals surface area contributed by atoms with Crippen molar-refractivity contribution in [1.29, 1.82) is 0 Å². The quantitative estimate of drug-likeness (QED) is 0.603. The fourth-order valence-electron chi connectivity index (χ4n) is 1.42. The number of nitrogens with one attached hydrogen (secondary N) is 2. The Bertz CT molecular complexity index is 231. The Labute approximate surface area is 97.6 Å². The molecular formula is C11H23N3O2. The minimum atomic E-state index is -0.348. The monoisotopic (exact) mass is 229 g/mol. The maximum Gasteiger partial charge on any atom is 0.242 e. The third-order valence-corrected chi connectivity index (χ3v) is 2.50. The zero-order valence-corrected chi connectivity index (χ0v) is 10.7. The fourth-order valence-corrected chi connectivity index (χ4v) is 1.42. The van der Waals surface area contributed by atoms with Crippen molar-refractivity contribution in [3.8, 4) is 0 Å². The zero-order chi connectivity index (χ0) is 12.6. The summed E-state index contributed by atoms with van der Waals surface area (Å²) >= 11 is 0. The standard InChI is InChI=1S/C11H23N3O2/c1-5-6-10(14(4)9(2)15)11(16)13-8-7-12-3/h10,12H,5-8H2,1-4H3,(H,13,16)/t10-/m0/s1. The van der Waals surface area contributed by atoms with E-state index in [4.69, 9.17) is 0 Å². The van der Waals surface area contributed by atoms with Gasteiger partial charge in [-0.25, -0.2) is 0 Å². The molecule has 0 spiro atoms. The van der Waals surface area contributed by atoms with E-state index in [-0.39, 0.29) is 17.9 Å². The van der Waals surface area contributed by atoms with Gasteiger partial charge in [0.1, 0.15) is 6.04 Å². The van der Waals surface area contributed by atoms with Crippen LogP contribution in [0.25, 0.3) is 0 Å². The third kappa shape index (κ3) is 5.11. The highest BCUT2D eigenvalue weighted by atomic mass is 16.2. The zero-order valence-electron chi connectivity index (χ0n) is 10.7. The summed E-state index contributed by atoms with van der Waals surface area (Å²) in [4.78, 5) is 24.5. The van der Waals surface area contributed by atoms with Crippen LogP contribution in [0.3, 0.4) is 0 Å². The molecule has 0 saturated heterocycles. The van der Waals surface area contributed by atoms with Gasteiger partial charge in [-0.15, -0.1) is 0 Å². The molecule has 0 aliphatic heterocycles. The van der Waals surface area contributed by atoms with Gasteiger partial charge in [0.05, 0.1) is 0 Å². The summed E-state index contributed by atoms with van der Waals surface area (Å²) in [5, 5.41) is 5.76. The van der Waals surface area contributed by atoms with Gasteiger partial charge in [-0.2, -0.15) is 0 Å². The van der Waals surface area contributed by atoms with E-state index in [0.29, 0.717) is 13.0 Å². The Hall–Kier alpha value is -1.10. The van der Waals surface area contributed by atoms with Crippen molar-refractivity contribution < 1.29 is 9.59 Å². The van der Waals surface area contributed by atoms with E-state index in [0.717, 1.165) is 13.0 Å². The molecule has 0 heterocycles. The normalized spacial score (nSPS) is 12.0. The minimum absolute atomic E-state index is 0.0743. The highest BCUT2D eigenvalue weighted by Gasteiger charge is 2.23. The Morgan fingerprint density at radius 2 is 1.94 bits per heavy atom. The Balaban J connectivity index is 4.28. The van der Waals surface area contributed by atoms with Gasteiger partial charge in [-0.05, 0) is 13.5 Å². The Kier molecular flexibility index (Phi) is 7.54. The van der Waals surface area contributed by atoms with E-state index < -0.39 is 0 Å². The molecule has 0 aromatic rings. The number of carbonyl (C=O) groups is 2. The first-order valence-electron chi connectivity index (χ1n) is 5.70. The van der Waals surface area contributed by atoms with Crippen LogP contribution in [0.5, 0.6) is 0 Å². The summed E-state index contributed by atoms with van der Waals surface area (Å²) in [6, 6.07) is -0.348. The van der Waals surface area contributed by atoms with Crippen LogP contribution in [-0.4, -0.2) is 49.9 Å². The van der Waals surface area contributed by atoms with E-state index >= 15 is 0 Å². The Morgan fingerprint density at radius 3 is 2.38 bits per heavy atom. The second-order valence-corrected chi connectivity index (χ2v) is 3.83. The summed E-state index contributed by atoms with van der Waals surface area (Å²) in [5.41, 5.74) is 0. The first-order valence-corrected chi connectivity index (χ1v) is 5.70. The van der Waals surface area contributed by atoms with Crippen molar-refractivity contribution in [2.24, 2.45) is 0 Å². The van der Waals surface area contributed by atoms with Crippen LogP contribution < -0.4 is 10.6 Å². The summed E-state index contributed by atoms with van der Waals surface area (Å²) in [7, 11) is 3.50. The second-order valence-electron chi connectivity index (χ2n) is 3.83. The van der Waals surface area contributed by atoms with E-state index in [1.807, 2.05) is 14.0 Å². The van der Waals surface area contributed by atoms with Gasteiger partial charge in [0.25, 0.3) is 0 Å². The van der Waals surface area contributed by atoms with Crippen LogP contribution in [0.4, 0.5) is 0 Å². The molecule has 2 N–H and O–H groups in total. The van der Waals surface area contributed by atoms with Crippen molar-refractivity contribution in [3.63, 3.8) is 0 Å². The van der Waals surface area contributed by atoms with Crippen molar-refractivity contribution >= 4 is 11.8 Å². The van der Waals surface area contributed by atoms with Gasteiger partial charge in [-0.1, -0.05) is 13.3 Å². The smallest absolute Gasteiger partial charge is 0.242 e. The van der Waals surface area contributed by atoms with Crippen molar-refractivity contribution in [1.82, 2.24) is 15.5 Å². The average molecular weight is 229 g/mol. The lowest BCUT2D eigenvalue weighted by Gasteiger charge is -2.25. The first-order chi connectivity index (χ1) is 7.54. The molecule has 0 aromatic heterocycles. The van der Waals surface area contributed by atoms with Crippen LogP contribution in [0, 0.1) is 0 Å². The van der Waals surface area contributed by atoms with Crippen LogP contribution in [0.15, 0.2) is 0 Å². The minimum Gasteiger partial charge on any atom is -0.353 e. The molecule has 0 aliphatic rings. The fraction of sp³-hybridized carbons (Fsp3) is 0.818. The molecule has 16 heavy (non-hydrogen) atoms. The lowest BCUT2D eigenvalue weighted by Crippen LogP contribution is -2.48. The van der Waals surface area contributed by atoms with Gasteiger partial charge >= 0.3 is 0 Å². The van der Waals surface area contributed by atoms with Crippen LogP contribution >= 0.6 is 0 Å². The van der Waals surface area contributed by atoms with Crippen LogP contribution in [0.2, 0.25) is 0 Å². The van der Waals surface area contributed by atoms with E-state index in [1.54, 1.807) is 7.05 Å². The number of likely N-dealkylation sites (N-methyl/N-ethyl adjacent to an activating group) is 2. The second kappa shape index (κ2) is 8.10. The van der Waals surface area contributed by atoms with Gasteiger partial charge < -0.3 is 15.5 Å². The number of nitrogens with zero attached hydrogens (tertiary/aromatic N) is 1. The molecular weight excluding hydrogens is 206 g/mol. The molecule has 0 aliphatic carbocycles. The lowest BCUT2D eigenvalue weighted by atomic mass is 10.1. The molecule has 5 heteroatoms. The van der Waals surface area contributed by atoms with Gasteiger partial charge in [0.2, 0.25) is 11.8 Å². The van der Waals surface area contributed by atoms with Crippen LogP contribution in [-0.2, 0) is 9.59 Å². The summed E-state index contributed by atoms with van der Waals surface area (Å²) < 4.78 is 0. The van der Waals surface area contributed by atoms with E-state index in [9.17, 15) is 9.59 Å². The molecule has 2 amide bonds. The highest BCUT2D eigenvalue weighted by molar-refractivity contribution is 5.86. The molecule has 94 valence electrons. The van der Waals surface area contributed by atoms with Gasteiger partial charge in [0.15, 0.2) is 0 Å². The number of rotatable bonds is 7. The van der Waals surface area contributed by atoms with Gasteiger partial charge in [-0.3, -0.25) is 9.59 Å². The van der Waals surface area contributed by atoms with Crippen molar-refractivity contribution in [3.05, 3.63) is 0 Å². The molecule has 0 aromatic carbocycles. The van der Waals surface area contributed by atoms with Crippen LogP contribution in [0.1, 0.15) is 26.7 Å². The summed E-state index contributed by atoms with van der Waals surface area (Å²) in [5.74, 6) is -0.156. The van der Waals surface area contributed by atoms with E-state index in [2.05, 4.69) is 10.6 Å². The number of hydrogen-bond donors (Lipinski definition) is 2. The number of hydrogen-bond acceptors (Lipinski definition) is 3. The molecule has 0 unspecified atom stereocenters. The molecule has 5 nitrogen and oxygen atoms in total. The van der Waals surface area contributed by atoms with Gasteiger partial charge in [0, 0.05) is 27.1 Å². The maximum absolute atomic E-state index is 11.8. The Morgan fingerprint density at radius 1 is 1.31 bits per heavy atom. The SMILES string of the molecule is CCC[C@@H](C(=O)NCCNC)N(C)C(C)=O. The summed E-state index contributed by atoms with van der Waals surface area (Å²) in [6.07, 6.45) is 1.57. The average Bonchev–Trinajstić information content (AvgIpc) is 2.25. The third-order valence-electron chi connectivity index (χ3n) is 2.50. The molecule has 0 radical (unpaired) electrons. The van der Waals surface area contributed by atoms with E-state index in [1.165, 1.54) is 11.8 Å². The maximum atomic E-state index is 11.8. The number of carbonyl (C=O) groups excluding carboxylic acids is 2. The topological polar surface area (TPSA) is 61.4 Å². The van der Waals surface area contributed by atoms with Crippen molar-refractivity contribution in [2.75, 3.05) is 27.2 Å². The molecule has 0 bridgehead atoms. The number of amides is 2. The highest BCUT2D eigenvalue weighted by Crippen LogP contribution is 2.05. The molecule has 0 saturated carbocycles. The molecule has 0 rings (SSSR count). The van der Waals surface area contributed by atoms with Crippen molar-refractivity contribution in [2.45, 2.75) is 32.7 Å². The predicted octanol–water partition coefficient (Wildman–Crippen LogP) is -0.0310. The largest absolute Gasteiger partial charge is 0.353 e. The lowest BCUT2D eigenvalue weighted by molar-refractivity contribution is -0.137. The summed E-state index contributed by atoms with van der Waals surface area (Å²) in [6.45, 7) is 4.79. The predicted molar refractivity (Wildman–Crippen MR) is 64.1 cm³/mol.